The molecule has 158 valence electrons. The Morgan fingerprint density at radius 3 is 2.70 bits per heavy atom. The van der Waals surface area contributed by atoms with Gasteiger partial charge in [0.05, 0.1) is 18.9 Å². The lowest BCUT2D eigenvalue weighted by Gasteiger charge is -2.23. The third kappa shape index (κ3) is 6.53. The largest absolute Gasteiger partial charge is 0.493 e. The maximum absolute atomic E-state index is 12.4. The third-order valence-electron chi connectivity index (χ3n) is 4.77. The number of ether oxygens (including phenoxy) is 2. The fraction of sp³-hybridized carbons (Fsp3) is 0.318. The molecule has 6 nitrogen and oxygen atoms in total. The molecule has 0 aliphatic heterocycles. The molecule has 0 unspecified atom stereocenters. The number of esters is 1. The van der Waals surface area contributed by atoms with Crippen LogP contribution in [0.15, 0.2) is 52.0 Å². The van der Waals surface area contributed by atoms with Crippen molar-refractivity contribution in [2.45, 2.75) is 38.1 Å². The van der Waals surface area contributed by atoms with E-state index in [1.165, 1.54) is 26.4 Å². The van der Waals surface area contributed by atoms with Crippen molar-refractivity contribution in [3.05, 3.63) is 58.1 Å². The van der Waals surface area contributed by atoms with E-state index in [2.05, 4.69) is 31.8 Å². The minimum Gasteiger partial charge on any atom is -0.493 e. The first-order valence-corrected chi connectivity index (χ1v) is 11.0. The van der Waals surface area contributed by atoms with Gasteiger partial charge in [0.2, 0.25) is 0 Å². The molecule has 0 bridgehead atoms. The van der Waals surface area contributed by atoms with Crippen LogP contribution in [-0.2, 0) is 0 Å². The number of rotatable bonds is 6. The molecule has 1 aliphatic carbocycles. The molecule has 2 aromatic carbocycles. The zero-order chi connectivity index (χ0) is 21.3. The molecule has 30 heavy (non-hydrogen) atoms. The molecule has 0 atom stereocenters. The summed E-state index contributed by atoms with van der Waals surface area (Å²) < 4.78 is 11.7. The van der Waals surface area contributed by atoms with Gasteiger partial charge < -0.3 is 14.8 Å². The molecule has 0 amide bonds. The molecule has 0 radical (unpaired) electrons. The van der Waals surface area contributed by atoms with E-state index in [1.807, 2.05) is 6.07 Å². The molecule has 1 saturated carbocycles. The van der Waals surface area contributed by atoms with Crippen LogP contribution >= 0.6 is 28.1 Å². The highest BCUT2D eigenvalue weighted by molar-refractivity contribution is 9.10. The normalized spacial score (nSPS) is 14.3. The van der Waals surface area contributed by atoms with Crippen molar-refractivity contribution < 1.29 is 14.3 Å². The second-order valence-corrected chi connectivity index (χ2v) is 8.31. The van der Waals surface area contributed by atoms with E-state index < -0.39 is 5.97 Å². The van der Waals surface area contributed by atoms with E-state index in [0.29, 0.717) is 28.2 Å². The van der Waals surface area contributed by atoms with Gasteiger partial charge in [0, 0.05) is 10.5 Å². The average Bonchev–Trinajstić information content (AvgIpc) is 2.75. The number of hydrogen-bond acceptors (Lipinski definition) is 5. The quantitative estimate of drug-likeness (QED) is 0.199. The van der Waals surface area contributed by atoms with Gasteiger partial charge in [-0.25, -0.2) is 4.79 Å². The van der Waals surface area contributed by atoms with E-state index in [0.717, 1.165) is 22.9 Å². The van der Waals surface area contributed by atoms with E-state index in [9.17, 15) is 4.79 Å². The van der Waals surface area contributed by atoms with Crippen molar-refractivity contribution in [2.24, 2.45) is 5.10 Å². The third-order valence-corrected chi connectivity index (χ3v) is 5.47. The number of nitrogens with one attached hydrogen (secondary N) is 2. The lowest BCUT2D eigenvalue weighted by atomic mass is 9.96. The highest BCUT2D eigenvalue weighted by atomic mass is 79.9. The summed E-state index contributed by atoms with van der Waals surface area (Å²) in [6, 6.07) is 12.6. The molecule has 0 spiro atoms. The Morgan fingerprint density at radius 2 is 1.97 bits per heavy atom. The van der Waals surface area contributed by atoms with E-state index in [-0.39, 0.29) is 0 Å². The summed E-state index contributed by atoms with van der Waals surface area (Å²) in [6.07, 6.45) is 7.69. The van der Waals surface area contributed by atoms with Gasteiger partial charge in [0.15, 0.2) is 16.6 Å². The smallest absolute Gasteiger partial charge is 0.343 e. The lowest BCUT2D eigenvalue weighted by Crippen LogP contribution is -2.40. The van der Waals surface area contributed by atoms with Gasteiger partial charge in [-0.3, -0.25) is 5.43 Å². The number of hydrogen-bond donors (Lipinski definition) is 2. The summed E-state index contributed by atoms with van der Waals surface area (Å²) in [5, 5.41) is 8.00. The number of nitrogens with zero attached hydrogens (tertiary/aromatic N) is 1. The number of carbonyl (C=O) groups is 1. The van der Waals surface area contributed by atoms with Crippen LogP contribution in [0.1, 0.15) is 48.0 Å². The molecule has 1 aliphatic rings. The molecule has 1 fully saturated rings. The van der Waals surface area contributed by atoms with Gasteiger partial charge in [0.1, 0.15) is 0 Å². The van der Waals surface area contributed by atoms with E-state index in [1.54, 1.807) is 42.6 Å². The van der Waals surface area contributed by atoms with Crippen molar-refractivity contribution in [2.75, 3.05) is 7.11 Å². The van der Waals surface area contributed by atoms with Crippen molar-refractivity contribution in [1.29, 1.82) is 0 Å². The highest BCUT2D eigenvalue weighted by Crippen LogP contribution is 2.28. The molecule has 2 aromatic rings. The Hall–Kier alpha value is -2.45. The van der Waals surface area contributed by atoms with Crippen molar-refractivity contribution in [3.8, 4) is 11.5 Å². The Bertz CT molecular complexity index is 930. The average molecular weight is 490 g/mol. The van der Waals surface area contributed by atoms with Crippen LogP contribution in [0.4, 0.5) is 0 Å². The SMILES string of the molecule is COc1cc(C=NNC(=S)NC2CCCCC2)ccc1OC(=O)c1cccc(Br)c1. The van der Waals surface area contributed by atoms with Crippen LogP contribution in [-0.4, -0.2) is 30.4 Å². The number of hydrazone groups is 1. The second-order valence-electron chi connectivity index (χ2n) is 6.99. The topological polar surface area (TPSA) is 71.9 Å². The number of carbonyl (C=O) groups excluding carboxylic acids is 1. The summed E-state index contributed by atoms with van der Waals surface area (Å²) >= 11 is 8.65. The first-order chi connectivity index (χ1) is 14.5. The molecular formula is C22H24BrN3O3S. The van der Waals surface area contributed by atoms with Crippen molar-refractivity contribution >= 4 is 45.4 Å². The van der Waals surface area contributed by atoms with Gasteiger partial charge in [-0.2, -0.15) is 5.10 Å². The van der Waals surface area contributed by atoms with E-state index >= 15 is 0 Å². The zero-order valence-corrected chi connectivity index (χ0v) is 19.1. The molecule has 0 aromatic heterocycles. The Kier molecular flexibility index (Phi) is 8.21. The molecule has 0 heterocycles. The van der Waals surface area contributed by atoms with Crippen LogP contribution in [0.5, 0.6) is 11.5 Å². The lowest BCUT2D eigenvalue weighted by molar-refractivity contribution is 0.0729. The molecular weight excluding hydrogens is 466 g/mol. The summed E-state index contributed by atoms with van der Waals surface area (Å²) in [5.74, 6) is 0.309. The Balaban J connectivity index is 1.58. The minimum atomic E-state index is -0.461. The number of methoxy groups -OCH3 is 1. The van der Waals surface area contributed by atoms with Crippen molar-refractivity contribution in [1.82, 2.24) is 10.7 Å². The van der Waals surface area contributed by atoms with Crippen LogP contribution in [0.2, 0.25) is 0 Å². The standard InChI is InChI=1S/C22H24BrN3O3S/c1-28-20-12-15(14-24-26-22(30)25-18-8-3-2-4-9-18)10-11-19(20)29-21(27)16-6-5-7-17(23)13-16/h5-7,10-14,18H,2-4,8-9H2,1H3,(H2,25,26,30). The van der Waals surface area contributed by atoms with Gasteiger partial charge in [-0.05, 0) is 67.0 Å². The summed E-state index contributed by atoms with van der Waals surface area (Å²) in [7, 11) is 1.52. The maximum Gasteiger partial charge on any atom is 0.343 e. The predicted octanol–water partition coefficient (Wildman–Crippen LogP) is 4.81. The Labute approximate surface area is 190 Å². The first kappa shape index (κ1) is 22.2. The number of thiocarbonyl (C=S) groups is 1. The number of halogens is 1. The maximum atomic E-state index is 12.4. The van der Waals surface area contributed by atoms with Gasteiger partial charge in [-0.1, -0.05) is 41.3 Å². The first-order valence-electron chi connectivity index (χ1n) is 9.80. The van der Waals surface area contributed by atoms with Crippen LogP contribution in [0, 0.1) is 0 Å². The monoisotopic (exact) mass is 489 g/mol. The second kappa shape index (κ2) is 11.1. The van der Waals surface area contributed by atoms with Gasteiger partial charge >= 0.3 is 5.97 Å². The number of benzene rings is 2. The fourth-order valence-electron chi connectivity index (χ4n) is 3.25. The summed E-state index contributed by atoms with van der Waals surface area (Å²) in [4.78, 5) is 12.4. The molecule has 8 heteroatoms. The van der Waals surface area contributed by atoms with Crippen LogP contribution in [0.3, 0.4) is 0 Å². The van der Waals surface area contributed by atoms with Gasteiger partial charge in [-0.15, -0.1) is 0 Å². The molecule has 3 rings (SSSR count). The van der Waals surface area contributed by atoms with Crippen LogP contribution in [0.25, 0.3) is 0 Å². The minimum absolute atomic E-state index is 0.335. The Morgan fingerprint density at radius 1 is 1.17 bits per heavy atom. The van der Waals surface area contributed by atoms with Crippen molar-refractivity contribution in [3.63, 3.8) is 0 Å². The summed E-state index contributed by atoms with van der Waals surface area (Å²) in [6.45, 7) is 0. The van der Waals surface area contributed by atoms with E-state index in [4.69, 9.17) is 21.7 Å². The molecule has 0 saturated heterocycles. The zero-order valence-electron chi connectivity index (χ0n) is 16.7. The highest BCUT2D eigenvalue weighted by Gasteiger charge is 2.14. The summed E-state index contributed by atoms with van der Waals surface area (Å²) in [5.41, 5.74) is 4.07. The predicted molar refractivity (Wildman–Crippen MR) is 125 cm³/mol. The fourth-order valence-corrected chi connectivity index (χ4v) is 3.87. The molecule has 2 N–H and O–H groups in total. The van der Waals surface area contributed by atoms with Crippen LogP contribution < -0.4 is 20.2 Å². The van der Waals surface area contributed by atoms with Gasteiger partial charge in [0.25, 0.3) is 0 Å².